The van der Waals surface area contributed by atoms with E-state index in [-0.39, 0.29) is 11.3 Å². The third-order valence-corrected chi connectivity index (χ3v) is 5.69. The monoisotopic (exact) mass is 422 g/mol. The van der Waals surface area contributed by atoms with Gasteiger partial charge in [0.2, 0.25) is 0 Å². The quantitative estimate of drug-likeness (QED) is 0.217. The fourth-order valence-electron chi connectivity index (χ4n) is 4.36. The van der Waals surface area contributed by atoms with E-state index in [2.05, 4.69) is 0 Å². The Hall–Kier alpha value is -4.45. The van der Waals surface area contributed by atoms with Gasteiger partial charge in [0.25, 0.3) is 5.69 Å². The number of non-ortho nitro benzene ring substituents is 1. The summed E-state index contributed by atoms with van der Waals surface area (Å²) < 4.78 is 7.15. The van der Waals surface area contributed by atoms with Gasteiger partial charge < -0.3 is 4.42 Å². The van der Waals surface area contributed by atoms with Gasteiger partial charge in [0.1, 0.15) is 5.54 Å². The van der Waals surface area contributed by atoms with Gasteiger partial charge in [-0.15, -0.1) is 0 Å². The highest BCUT2D eigenvalue weighted by atomic mass is 16.6. The Bertz CT molecular complexity index is 1360. The molecular formula is C26H18N2O4. The molecule has 1 aromatic heterocycles. The number of hydrogen-bond donors (Lipinski definition) is 0. The van der Waals surface area contributed by atoms with E-state index in [0.717, 1.165) is 16.7 Å². The Morgan fingerprint density at radius 2 is 1.19 bits per heavy atom. The zero-order chi connectivity index (χ0) is 22.1. The average molecular weight is 422 g/mol. The molecule has 156 valence electrons. The maximum absolute atomic E-state index is 13.4. The molecule has 6 heteroatoms. The van der Waals surface area contributed by atoms with E-state index in [9.17, 15) is 14.9 Å². The Kier molecular flexibility index (Phi) is 4.67. The highest BCUT2D eigenvalue weighted by Crippen LogP contribution is 2.42. The Morgan fingerprint density at radius 1 is 0.719 bits per heavy atom. The summed E-state index contributed by atoms with van der Waals surface area (Å²) in [6.45, 7) is 0. The van der Waals surface area contributed by atoms with Gasteiger partial charge in [-0.25, -0.2) is 4.79 Å². The minimum Gasteiger partial charge on any atom is -0.407 e. The molecule has 0 fully saturated rings. The molecule has 0 amide bonds. The van der Waals surface area contributed by atoms with Crippen LogP contribution in [0.3, 0.4) is 0 Å². The largest absolute Gasteiger partial charge is 0.421 e. The maximum Gasteiger partial charge on any atom is 0.421 e. The lowest BCUT2D eigenvalue weighted by Gasteiger charge is -2.36. The van der Waals surface area contributed by atoms with Crippen molar-refractivity contribution in [2.45, 2.75) is 5.54 Å². The predicted octanol–water partition coefficient (Wildman–Crippen LogP) is 5.34. The lowest BCUT2D eigenvalue weighted by atomic mass is 9.76. The lowest BCUT2D eigenvalue weighted by molar-refractivity contribution is -0.384. The predicted molar refractivity (Wildman–Crippen MR) is 122 cm³/mol. The van der Waals surface area contributed by atoms with Crippen molar-refractivity contribution < 1.29 is 9.34 Å². The number of nitrogens with zero attached hydrogens (tertiary/aromatic N) is 2. The minimum atomic E-state index is -1.05. The molecule has 0 spiro atoms. The van der Waals surface area contributed by atoms with Gasteiger partial charge in [-0.1, -0.05) is 91.0 Å². The molecule has 5 rings (SSSR count). The summed E-state index contributed by atoms with van der Waals surface area (Å²) in [5.41, 5.74) is 2.03. The van der Waals surface area contributed by atoms with Crippen molar-refractivity contribution in [2.24, 2.45) is 0 Å². The molecule has 0 bridgehead atoms. The van der Waals surface area contributed by atoms with Gasteiger partial charge >= 0.3 is 5.76 Å². The van der Waals surface area contributed by atoms with E-state index in [1.165, 1.54) is 12.1 Å². The van der Waals surface area contributed by atoms with Crippen molar-refractivity contribution in [3.63, 3.8) is 0 Å². The Labute approximate surface area is 183 Å². The van der Waals surface area contributed by atoms with Crippen LogP contribution in [0, 0.1) is 10.1 Å². The van der Waals surface area contributed by atoms with Crippen LogP contribution < -0.4 is 5.76 Å². The summed E-state index contributed by atoms with van der Waals surface area (Å²) in [5.74, 6) is -0.600. The topological polar surface area (TPSA) is 78.3 Å². The molecule has 0 unspecified atom stereocenters. The average Bonchev–Trinajstić information content (AvgIpc) is 3.17. The van der Waals surface area contributed by atoms with Gasteiger partial charge in [0, 0.05) is 6.07 Å². The highest BCUT2D eigenvalue weighted by molar-refractivity contribution is 5.77. The van der Waals surface area contributed by atoms with Crippen molar-refractivity contribution >= 4 is 16.8 Å². The zero-order valence-electron chi connectivity index (χ0n) is 16.9. The van der Waals surface area contributed by atoms with Crippen molar-refractivity contribution in [1.82, 2.24) is 4.57 Å². The van der Waals surface area contributed by atoms with Gasteiger partial charge in [0.05, 0.1) is 16.5 Å². The van der Waals surface area contributed by atoms with E-state index in [1.54, 1.807) is 10.6 Å². The Morgan fingerprint density at radius 3 is 1.62 bits per heavy atom. The van der Waals surface area contributed by atoms with Crippen molar-refractivity contribution in [3.8, 4) is 0 Å². The number of hydrogen-bond acceptors (Lipinski definition) is 4. The van der Waals surface area contributed by atoms with Crippen molar-refractivity contribution in [3.05, 3.63) is 147 Å². The standard InChI is InChI=1S/C26H18N2O4/c29-25-27(23-17-16-22(28(30)31)18-24(23)32-25)26(19-10-4-1-5-11-19,20-12-6-2-7-13-20)21-14-8-3-9-15-21/h1-18H. The van der Waals surface area contributed by atoms with Crippen LogP contribution in [0.4, 0.5) is 5.69 Å². The van der Waals surface area contributed by atoms with Crippen LogP contribution >= 0.6 is 0 Å². The molecule has 0 aliphatic rings. The second-order valence-corrected chi connectivity index (χ2v) is 7.42. The molecule has 0 saturated carbocycles. The summed E-state index contributed by atoms with van der Waals surface area (Å²) >= 11 is 0. The first-order valence-corrected chi connectivity index (χ1v) is 10.1. The van der Waals surface area contributed by atoms with Crippen LogP contribution in [0.2, 0.25) is 0 Å². The number of oxazole rings is 1. The first kappa shape index (κ1) is 19.5. The third kappa shape index (κ3) is 2.93. The van der Waals surface area contributed by atoms with Crippen LogP contribution in [0.5, 0.6) is 0 Å². The summed E-state index contributed by atoms with van der Waals surface area (Å²) in [6.07, 6.45) is 0. The molecule has 1 heterocycles. The van der Waals surface area contributed by atoms with E-state index in [0.29, 0.717) is 5.52 Å². The van der Waals surface area contributed by atoms with Crippen LogP contribution in [-0.2, 0) is 5.54 Å². The number of benzene rings is 4. The number of fused-ring (bicyclic) bond motifs is 1. The molecule has 0 atom stereocenters. The minimum absolute atomic E-state index is 0.136. The van der Waals surface area contributed by atoms with Crippen LogP contribution in [0.25, 0.3) is 11.1 Å². The van der Waals surface area contributed by atoms with Gasteiger partial charge in [0.15, 0.2) is 5.58 Å². The van der Waals surface area contributed by atoms with Gasteiger partial charge in [-0.2, -0.15) is 0 Å². The Balaban J connectivity index is 1.97. The smallest absolute Gasteiger partial charge is 0.407 e. The maximum atomic E-state index is 13.4. The molecule has 0 N–H and O–H groups in total. The van der Waals surface area contributed by atoms with E-state index in [4.69, 9.17) is 4.42 Å². The first-order valence-electron chi connectivity index (χ1n) is 10.1. The van der Waals surface area contributed by atoms with Crippen LogP contribution in [0.15, 0.2) is 118 Å². The first-order chi connectivity index (χ1) is 15.6. The third-order valence-electron chi connectivity index (χ3n) is 5.69. The van der Waals surface area contributed by atoms with Gasteiger partial charge in [-0.05, 0) is 22.8 Å². The molecule has 0 radical (unpaired) electrons. The van der Waals surface area contributed by atoms with Crippen LogP contribution in [-0.4, -0.2) is 9.49 Å². The molecule has 6 nitrogen and oxygen atoms in total. The molecule has 5 aromatic rings. The summed E-state index contributed by atoms with van der Waals surface area (Å²) in [4.78, 5) is 24.2. The van der Waals surface area contributed by atoms with E-state index >= 15 is 0 Å². The summed E-state index contributed by atoms with van der Waals surface area (Å²) in [6, 6.07) is 33.4. The fraction of sp³-hybridized carbons (Fsp3) is 0.0385. The number of aromatic nitrogens is 1. The van der Waals surface area contributed by atoms with Crippen molar-refractivity contribution in [2.75, 3.05) is 0 Å². The lowest BCUT2D eigenvalue weighted by Crippen LogP contribution is -2.42. The SMILES string of the molecule is O=c1oc2cc([N+](=O)[O-])ccc2n1C(c1ccccc1)(c1ccccc1)c1ccccc1. The fourth-order valence-corrected chi connectivity index (χ4v) is 4.36. The zero-order valence-corrected chi connectivity index (χ0v) is 16.9. The molecule has 4 aromatic carbocycles. The van der Waals surface area contributed by atoms with E-state index < -0.39 is 16.2 Å². The van der Waals surface area contributed by atoms with E-state index in [1.807, 2.05) is 91.0 Å². The number of nitro groups is 1. The molecule has 32 heavy (non-hydrogen) atoms. The number of nitro benzene ring substituents is 1. The second kappa shape index (κ2) is 7.67. The molecule has 0 aliphatic heterocycles. The normalized spacial score (nSPS) is 11.5. The number of rotatable bonds is 5. The molecule has 0 aliphatic carbocycles. The molecule has 0 saturated heterocycles. The van der Waals surface area contributed by atoms with Gasteiger partial charge in [-0.3, -0.25) is 14.7 Å². The molecular weight excluding hydrogens is 404 g/mol. The van der Waals surface area contributed by atoms with Crippen molar-refractivity contribution in [1.29, 1.82) is 0 Å². The summed E-state index contributed by atoms with van der Waals surface area (Å²) in [5, 5.41) is 11.3. The summed E-state index contributed by atoms with van der Waals surface area (Å²) in [7, 11) is 0. The van der Waals surface area contributed by atoms with Crippen LogP contribution in [0.1, 0.15) is 16.7 Å². The highest BCUT2D eigenvalue weighted by Gasteiger charge is 2.41. The second-order valence-electron chi connectivity index (χ2n) is 7.42.